The Kier molecular flexibility index (Phi) is 10.7. The molecule has 0 spiro atoms. The maximum absolute atomic E-state index is 12.5. The van der Waals surface area contributed by atoms with Gasteiger partial charge >= 0.3 is 0 Å². The van der Waals surface area contributed by atoms with Gasteiger partial charge in [-0.2, -0.15) is 0 Å². The smallest absolute Gasteiger partial charge is 0.287 e. The molecule has 3 aromatic heterocycles. The molecule has 5 rings (SSSR count). The van der Waals surface area contributed by atoms with Crippen molar-refractivity contribution in [2.75, 3.05) is 51.3 Å². The lowest BCUT2D eigenvalue weighted by Crippen LogP contribution is -2.46. The van der Waals surface area contributed by atoms with Crippen molar-refractivity contribution in [3.8, 4) is 0 Å². The summed E-state index contributed by atoms with van der Waals surface area (Å²) < 4.78 is 11.2. The van der Waals surface area contributed by atoms with Crippen LogP contribution in [0.2, 0.25) is 0 Å². The lowest BCUT2D eigenvalue weighted by Gasteiger charge is -2.35. The molecule has 0 bridgehead atoms. The molecule has 0 radical (unpaired) electrons. The number of furan rings is 1. The van der Waals surface area contributed by atoms with Gasteiger partial charge in [-0.15, -0.1) is 0 Å². The minimum atomic E-state index is -0.238. The van der Waals surface area contributed by atoms with Crippen LogP contribution in [0.15, 0.2) is 88.6 Å². The molecule has 9 nitrogen and oxygen atoms in total. The number of nitrogens with one attached hydrogen (secondary N) is 1. The number of thioether (sulfide) groups is 1. The predicted molar refractivity (Wildman–Crippen MR) is 165 cm³/mol. The van der Waals surface area contributed by atoms with Crippen LogP contribution in [-0.4, -0.2) is 72.1 Å². The predicted octanol–water partition coefficient (Wildman–Crippen LogP) is 4.71. The van der Waals surface area contributed by atoms with E-state index in [1.165, 1.54) is 17.3 Å². The van der Waals surface area contributed by atoms with Crippen molar-refractivity contribution < 1.29 is 13.9 Å². The first kappa shape index (κ1) is 29.5. The molecule has 1 N–H and O–H groups in total. The molecular weight excluding hydrogens is 548 g/mol. The van der Waals surface area contributed by atoms with E-state index in [0.717, 1.165) is 49.9 Å². The van der Waals surface area contributed by atoms with Crippen LogP contribution in [0, 0.1) is 0 Å². The van der Waals surface area contributed by atoms with Crippen LogP contribution >= 0.6 is 11.8 Å². The van der Waals surface area contributed by atoms with E-state index in [-0.39, 0.29) is 11.7 Å². The minimum absolute atomic E-state index is 0.238. The Labute approximate surface area is 251 Å². The van der Waals surface area contributed by atoms with Gasteiger partial charge in [0.05, 0.1) is 18.1 Å². The van der Waals surface area contributed by atoms with Crippen molar-refractivity contribution in [1.29, 1.82) is 0 Å². The fourth-order valence-electron chi connectivity index (χ4n) is 4.62. The third kappa shape index (κ3) is 8.75. The lowest BCUT2D eigenvalue weighted by atomic mass is 10.2. The number of carbonyl (C=O) groups excluding carboxylic acids is 1. The summed E-state index contributed by atoms with van der Waals surface area (Å²) in [6.07, 6.45) is 6.81. The molecule has 1 amide bonds. The zero-order valence-corrected chi connectivity index (χ0v) is 24.6. The van der Waals surface area contributed by atoms with Gasteiger partial charge in [0.25, 0.3) is 5.91 Å². The lowest BCUT2D eigenvalue weighted by molar-refractivity contribution is 0.0925. The van der Waals surface area contributed by atoms with Gasteiger partial charge in [0.1, 0.15) is 11.6 Å². The topological polar surface area (TPSA) is 96.6 Å². The van der Waals surface area contributed by atoms with Gasteiger partial charge in [-0.1, -0.05) is 60.3 Å². The number of aromatic nitrogens is 3. The van der Waals surface area contributed by atoms with Crippen LogP contribution in [-0.2, 0) is 23.5 Å². The van der Waals surface area contributed by atoms with Gasteiger partial charge in [0, 0.05) is 70.8 Å². The number of methoxy groups -OCH3 is 1. The Balaban J connectivity index is 1.12. The third-order valence-electron chi connectivity index (χ3n) is 6.83. The van der Waals surface area contributed by atoms with Crippen LogP contribution < -0.4 is 10.2 Å². The maximum Gasteiger partial charge on any atom is 0.287 e. The molecule has 4 aromatic rings. The number of anilines is 1. The standard InChI is InChI=1S/C32H36N6O3S/c1-40-23-27-22-30(38-20-18-37(19-21-38)17-7-10-25-8-3-2-4-9-25)36-32(35-27)42-24-28-12-13-29(41-28)31(39)34-16-14-26-11-5-6-15-33-26/h2-13,15,22H,14,16-21,23-24H2,1H3,(H,34,39)/b10-7+. The largest absolute Gasteiger partial charge is 0.455 e. The number of rotatable bonds is 13. The van der Waals surface area contributed by atoms with Crippen LogP contribution in [0.5, 0.6) is 0 Å². The van der Waals surface area contributed by atoms with E-state index in [2.05, 4.69) is 61.5 Å². The minimum Gasteiger partial charge on any atom is -0.455 e. The van der Waals surface area contributed by atoms with Crippen molar-refractivity contribution in [2.45, 2.75) is 23.9 Å². The van der Waals surface area contributed by atoms with Crippen LogP contribution in [0.4, 0.5) is 5.82 Å². The molecule has 0 saturated carbocycles. The molecule has 1 saturated heterocycles. The Hall–Kier alpha value is -3.99. The average molecular weight is 585 g/mol. The summed E-state index contributed by atoms with van der Waals surface area (Å²) in [6, 6.07) is 21.7. The Bertz CT molecular complexity index is 1440. The number of pyridine rings is 1. The number of piperazine rings is 1. The van der Waals surface area contributed by atoms with Crippen LogP contribution in [0.3, 0.4) is 0 Å². The molecule has 1 fully saturated rings. The van der Waals surface area contributed by atoms with Crippen LogP contribution in [0.25, 0.3) is 6.08 Å². The molecule has 0 unspecified atom stereocenters. The van der Waals surface area contributed by atoms with E-state index >= 15 is 0 Å². The van der Waals surface area contributed by atoms with Crippen molar-refractivity contribution in [3.63, 3.8) is 0 Å². The second kappa shape index (κ2) is 15.3. The highest BCUT2D eigenvalue weighted by Gasteiger charge is 2.19. The summed E-state index contributed by atoms with van der Waals surface area (Å²) in [5.74, 6) is 2.16. The Morgan fingerprint density at radius 2 is 1.86 bits per heavy atom. The molecule has 10 heteroatoms. The number of carbonyl (C=O) groups is 1. The fourth-order valence-corrected chi connectivity index (χ4v) is 5.39. The van der Waals surface area contributed by atoms with Crippen molar-refractivity contribution in [3.05, 3.63) is 107 Å². The Morgan fingerprint density at radius 3 is 2.64 bits per heavy atom. The maximum atomic E-state index is 12.5. The van der Waals surface area contributed by atoms with Crippen molar-refractivity contribution in [1.82, 2.24) is 25.2 Å². The molecule has 0 atom stereocenters. The second-order valence-corrected chi connectivity index (χ2v) is 10.9. The summed E-state index contributed by atoms with van der Waals surface area (Å²) in [7, 11) is 1.67. The normalized spacial score (nSPS) is 14.0. The summed E-state index contributed by atoms with van der Waals surface area (Å²) >= 11 is 1.48. The number of benzene rings is 1. The van der Waals surface area contributed by atoms with E-state index in [1.54, 1.807) is 19.4 Å². The van der Waals surface area contributed by atoms with Gasteiger partial charge in [0.2, 0.25) is 0 Å². The van der Waals surface area contributed by atoms with E-state index in [4.69, 9.17) is 14.1 Å². The zero-order chi connectivity index (χ0) is 29.0. The quantitative estimate of drug-likeness (QED) is 0.177. The first-order valence-corrected chi connectivity index (χ1v) is 15.1. The highest BCUT2D eigenvalue weighted by Crippen LogP contribution is 2.25. The molecule has 1 aliphatic rings. The second-order valence-electron chi connectivity index (χ2n) is 9.92. The van der Waals surface area contributed by atoms with Crippen molar-refractivity contribution in [2.24, 2.45) is 0 Å². The summed E-state index contributed by atoms with van der Waals surface area (Å²) in [4.78, 5) is 31.1. The van der Waals surface area contributed by atoms with Gasteiger partial charge in [0.15, 0.2) is 10.9 Å². The average Bonchev–Trinajstić information content (AvgIpc) is 3.51. The Morgan fingerprint density at radius 1 is 1.02 bits per heavy atom. The molecule has 1 aromatic carbocycles. The number of ether oxygens (including phenoxy) is 1. The van der Waals surface area contributed by atoms with E-state index in [0.29, 0.717) is 36.2 Å². The van der Waals surface area contributed by atoms with E-state index in [9.17, 15) is 4.79 Å². The van der Waals surface area contributed by atoms with Gasteiger partial charge in [-0.3, -0.25) is 14.7 Å². The number of hydrogen-bond donors (Lipinski definition) is 1. The number of hydrogen-bond acceptors (Lipinski definition) is 9. The van der Waals surface area contributed by atoms with Crippen molar-refractivity contribution >= 4 is 29.6 Å². The first-order chi connectivity index (χ1) is 20.7. The van der Waals surface area contributed by atoms with E-state index in [1.807, 2.05) is 36.4 Å². The molecule has 1 aliphatic heterocycles. The summed E-state index contributed by atoms with van der Waals surface area (Å²) in [5.41, 5.74) is 2.99. The SMILES string of the molecule is COCc1cc(N2CCN(C/C=C/c3ccccc3)CC2)nc(SCc2ccc(C(=O)NCCc3ccccn3)o2)n1. The molecule has 0 aliphatic carbocycles. The van der Waals surface area contributed by atoms with E-state index < -0.39 is 0 Å². The summed E-state index contributed by atoms with van der Waals surface area (Å²) in [6.45, 7) is 5.54. The van der Waals surface area contributed by atoms with Gasteiger partial charge in [-0.25, -0.2) is 9.97 Å². The highest BCUT2D eigenvalue weighted by molar-refractivity contribution is 7.98. The molecule has 4 heterocycles. The van der Waals surface area contributed by atoms with Gasteiger partial charge in [-0.05, 0) is 29.8 Å². The van der Waals surface area contributed by atoms with Crippen LogP contribution in [0.1, 0.15) is 33.3 Å². The molecular formula is C32H36N6O3S. The third-order valence-corrected chi connectivity index (χ3v) is 7.70. The fraction of sp³-hybridized carbons (Fsp3) is 0.312. The van der Waals surface area contributed by atoms with Gasteiger partial charge < -0.3 is 19.4 Å². The summed E-state index contributed by atoms with van der Waals surface area (Å²) in [5, 5.41) is 3.55. The number of nitrogens with zero attached hydrogens (tertiary/aromatic N) is 5. The number of amides is 1. The monoisotopic (exact) mass is 584 g/mol. The zero-order valence-electron chi connectivity index (χ0n) is 23.8. The highest BCUT2D eigenvalue weighted by atomic mass is 32.2. The molecule has 42 heavy (non-hydrogen) atoms. The first-order valence-electron chi connectivity index (χ1n) is 14.1. The molecule has 218 valence electrons.